The fourth-order valence-electron chi connectivity index (χ4n) is 2.99. The van der Waals surface area contributed by atoms with Gasteiger partial charge in [-0.05, 0) is 48.9 Å². The van der Waals surface area contributed by atoms with Gasteiger partial charge in [0.1, 0.15) is 0 Å². The zero-order chi connectivity index (χ0) is 20.8. The number of rotatable bonds is 8. The summed E-state index contributed by atoms with van der Waals surface area (Å²) >= 11 is 5.96. The zero-order valence-corrected chi connectivity index (χ0v) is 16.9. The summed E-state index contributed by atoms with van der Waals surface area (Å²) < 4.78 is 1.27. The van der Waals surface area contributed by atoms with Gasteiger partial charge in [-0.1, -0.05) is 31.4 Å². The predicted molar refractivity (Wildman–Crippen MR) is 115 cm³/mol. The summed E-state index contributed by atoms with van der Waals surface area (Å²) in [5, 5.41) is 3.63. The van der Waals surface area contributed by atoms with Gasteiger partial charge >= 0.3 is 0 Å². The molecule has 0 saturated heterocycles. The number of carbonyl (C=O) groups is 2. The number of amides is 1. The van der Waals surface area contributed by atoms with Gasteiger partial charge in [0, 0.05) is 22.7 Å². The van der Waals surface area contributed by atoms with Gasteiger partial charge in [0.2, 0.25) is 5.91 Å². The van der Waals surface area contributed by atoms with Crippen molar-refractivity contribution in [3.63, 3.8) is 0 Å². The highest BCUT2D eigenvalue weighted by Crippen LogP contribution is 2.15. The van der Waals surface area contributed by atoms with Gasteiger partial charge in [0.05, 0.1) is 23.8 Å². The molecular weight excluding hydrogens is 390 g/mol. The maximum atomic E-state index is 12.6. The van der Waals surface area contributed by atoms with E-state index in [2.05, 4.69) is 17.2 Å². The monoisotopic (exact) mass is 411 g/mol. The van der Waals surface area contributed by atoms with Crippen LogP contribution in [-0.2, 0) is 11.3 Å². The molecule has 6 nitrogen and oxygen atoms in total. The normalized spacial score (nSPS) is 10.8. The number of fused-ring (bicyclic) bond motifs is 1. The van der Waals surface area contributed by atoms with Gasteiger partial charge in [-0.3, -0.25) is 19.0 Å². The molecule has 1 N–H and O–H groups in total. The van der Waals surface area contributed by atoms with Crippen molar-refractivity contribution in [1.82, 2.24) is 9.55 Å². The lowest BCUT2D eigenvalue weighted by molar-refractivity contribution is -0.116. The van der Waals surface area contributed by atoms with E-state index in [-0.39, 0.29) is 23.8 Å². The van der Waals surface area contributed by atoms with Crippen LogP contribution < -0.4 is 10.9 Å². The van der Waals surface area contributed by atoms with Gasteiger partial charge in [-0.2, -0.15) is 0 Å². The molecule has 0 unspecified atom stereocenters. The molecule has 3 rings (SSSR count). The number of anilines is 1. The van der Waals surface area contributed by atoms with Crippen molar-refractivity contribution in [3.8, 4) is 0 Å². The number of benzene rings is 2. The van der Waals surface area contributed by atoms with Gasteiger partial charge < -0.3 is 5.32 Å². The third-order valence-electron chi connectivity index (χ3n) is 4.60. The van der Waals surface area contributed by atoms with E-state index in [9.17, 15) is 14.4 Å². The molecule has 1 amide bonds. The topological polar surface area (TPSA) is 81.1 Å². The van der Waals surface area contributed by atoms with Crippen molar-refractivity contribution >= 4 is 39.9 Å². The maximum absolute atomic E-state index is 12.6. The number of ketones is 1. The Morgan fingerprint density at radius 2 is 1.86 bits per heavy atom. The van der Waals surface area contributed by atoms with Crippen molar-refractivity contribution in [3.05, 3.63) is 69.7 Å². The summed E-state index contributed by atoms with van der Waals surface area (Å²) in [4.78, 5) is 41.3. The van der Waals surface area contributed by atoms with Crippen molar-refractivity contribution in [1.29, 1.82) is 0 Å². The molecule has 0 bridgehead atoms. The Hall–Kier alpha value is -2.99. The average molecular weight is 412 g/mol. The molecule has 0 aliphatic rings. The molecule has 29 heavy (non-hydrogen) atoms. The van der Waals surface area contributed by atoms with E-state index in [0.717, 1.165) is 19.3 Å². The summed E-state index contributed by atoms with van der Waals surface area (Å²) in [6.07, 6.45) is 4.79. The van der Waals surface area contributed by atoms with Crippen molar-refractivity contribution in [2.24, 2.45) is 0 Å². The van der Waals surface area contributed by atoms with Crippen LogP contribution in [0.2, 0.25) is 5.02 Å². The Bertz CT molecular complexity index is 1090. The number of unbranched alkanes of at least 4 members (excludes halogenated alkanes) is 2. The molecule has 1 aromatic heterocycles. The van der Waals surface area contributed by atoms with Crippen LogP contribution >= 0.6 is 11.6 Å². The highest BCUT2D eigenvalue weighted by molar-refractivity contribution is 6.31. The van der Waals surface area contributed by atoms with Gasteiger partial charge in [-0.25, -0.2) is 4.98 Å². The molecule has 3 aromatic rings. The summed E-state index contributed by atoms with van der Waals surface area (Å²) in [6.45, 7) is 1.96. The van der Waals surface area contributed by atoms with Crippen molar-refractivity contribution in [2.75, 3.05) is 5.32 Å². The quantitative estimate of drug-likeness (QED) is 0.438. The predicted octanol–water partition coefficient (Wildman–Crippen LogP) is 4.45. The molecule has 1 heterocycles. The Labute approximate surface area is 173 Å². The first-order valence-corrected chi connectivity index (χ1v) is 9.93. The molecular formula is C22H22ClN3O3. The SMILES string of the molecule is CCCCCC(=O)Nc1ccc(C(=O)Cn2cnc3ccc(Cl)cc3c2=O)cc1. The number of hydrogen-bond donors (Lipinski definition) is 1. The van der Waals surface area contributed by atoms with E-state index < -0.39 is 0 Å². The fraction of sp³-hybridized carbons (Fsp3) is 0.273. The molecule has 0 saturated carbocycles. The average Bonchev–Trinajstić information content (AvgIpc) is 2.71. The number of carbonyl (C=O) groups excluding carboxylic acids is 2. The number of halogens is 1. The van der Waals surface area contributed by atoms with E-state index in [1.807, 2.05) is 0 Å². The third-order valence-corrected chi connectivity index (χ3v) is 4.83. The van der Waals surface area contributed by atoms with Crippen LogP contribution in [-0.4, -0.2) is 21.2 Å². The molecule has 0 aliphatic carbocycles. The highest BCUT2D eigenvalue weighted by atomic mass is 35.5. The third kappa shape index (κ3) is 5.29. The van der Waals surface area contributed by atoms with E-state index >= 15 is 0 Å². The molecule has 0 aliphatic heterocycles. The first kappa shape index (κ1) is 20.7. The van der Waals surface area contributed by atoms with Crippen molar-refractivity contribution in [2.45, 2.75) is 39.2 Å². The van der Waals surface area contributed by atoms with E-state index in [1.165, 1.54) is 10.9 Å². The lowest BCUT2D eigenvalue weighted by Gasteiger charge is -2.08. The number of nitrogens with zero attached hydrogens (tertiary/aromatic N) is 2. The number of nitrogens with one attached hydrogen (secondary N) is 1. The number of hydrogen-bond acceptors (Lipinski definition) is 4. The smallest absolute Gasteiger partial charge is 0.261 e. The Balaban J connectivity index is 1.68. The van der Waals surface area contributed by atoms with E-state index in [1.54, 1.807) is 42.5 Å². The minimum Gasteiger partial charge on any atom is -0.326 e. The first-order chi connectivity index (χ1) is 14.0. The minimum absolute atomic E-state index is 0.0371. The second-order valence-electron chi connectivity index (χ2n) is 6.84. The van der Waals surface area contributed by atoms with Crippen LogP contribution in [0.15, 0.2) is 53.6 Å². The molecule has 0 radical (unpaired) electrons. The van der Waals surface area contributed by atoms with Crippen LogP contribution in [0, 0.1) is 0 Å². The summed E-state index contributed by atoms with van der Waals surface area (Å²) in [5.74, 6) is -0.263. The summed E-state index contributed by atoms with van der Waals surface area (Å²) in [5.41, 5.74) is 1.30. The Morgan fingerprint density at radius 3 is 2.59 bits per heavy atom. The van der Waals surface area contributed by atoms with Crippen molar-refractivity contribution < 1.29 is 9.59 Å². The van der Waals surface area contributed by atoms with Crippen LogP contribution in [0.1, 0.15) is 43.0 Å². The molecule has 0 fully saturated rings. The van der Waals surface area contributed by atoms with Crippen LogP contribution in [0.5, 0.6) is 0 Å². The largest absolute Gasteiger partial charge is 0.326 e. The standard InChI is InChI=1S/C22H22ClN3O3/c1-2-3-4-5-21(28)25-17-9-6-15(7-10-17)20(27)13-26-14-24-19-11-8-16(23)12-18(19)22(26)29/h6-12,14H,2-5,13H2,1H3,(H,25,28). The maximum Gasteiger partial charge on any atom is 0.261 e. The fourth-order valence-corrected chi connectivity index (χ4v) is 3.16. The van der Waals surface area contributed by atoms with Crippen LogP contribution in [0.25, 0.3) is 10.9 Å². The second kappa shape index (κ2) is 9.47. The highest BCUT2D eigenvalue weighted by Gasteiger charge is 2.11. The molecule has 2 aromatic carbocycles. The lowest BCUT2D eigenvalue weighted by Crippen LogP contribution is -2.24. The molecule has 7 heteroatoms. The first-order valence-electron chi connectivity index (χ1n) is 9.55. The zero-order valence-electron chi connectivity index (χ0n) is 16.2. The molecule has 150 valence electrons. The molecule has 0 atom stereocenters. The van der Waals surface area contributed by atoms with Gasteiger partial charge in [-0.15, -0.1) is 0 Å². The van der Waals surface area contributed by atoms with E-state index in [4.69, 9.17) is 11.6 Å². The number of aromatic nitrogens is 2. The summed E-state index contributed by atoms with van der Waals surface area (Å²) in [7, 11) is 0. The Kier molecular flexibility index (Phi) is 6.77. The molecule has 0 spiro atoms. The second-order valence-corrected chi connectivity index (χ2v) is 7.28. The number of Topliss-reactive ketones (excluding diaryl/α,β-unsaturated/α-hetero) is 1. The van der Waals surface area contributed by atoms with Gasteiger partial charge in [0.15, 0.2) is 5.78 Å². The Morgan fingerprint density at radius 1 is 1.10 bits per heavy atom. The lowest BCUT2D eigenvalue weighted by atomic mass is 10.1. The van der Waals surface area contributed by atoms with Gasteiger partial charge in [0.25, 0.3) is 5.56 Å². The van der Waals surface area contributed by atoms with Crippen LogP contribution in [0.3, 0.4) is 0 Å². The minimum atomic E-state index is -0.318. The van der Waals surface area contributed by atoms with E-state index in [0.29, 0.717) is 33.6 Å². The summed E-state index contributed by atoms with van der Waals surface area (Å²) in [6, 6.07) is 11.5. The van der Waals surface area contributed by atoms with Crippen LogP contribution in [0.4, 0.5) is 5.69 Å².